The van der Waals surface area contributed by atoms with Crippen molar-refractivity contribution in [1.29, 1.82) is 0 Å². The first-order valence-corrected chi connectivity index (χ1v) is 11.8. The van der Waals surface area contributed by atoms with Crippen molar-refractivity contribution in [2.45, 2.75) is 41.0 Å². The molecule has 0 radical (unpaired) electrons. The second kappa shape index (κ2) is 12.7. The average Bonchev–Trinajstić information content (AvgIpc) is 2.83. The number of hydrogen-bond acceptors (Lipinski definition) is 4. The van der Waals surface area contributed by atoms with Crippen molar-refractivity contribution >= 4 is 28.2 Å². The van der Waals surface area contributed by atoms with Gasteiger partial charge in [0, 0.05) is 29.1 Å². The summed E-state index contributed by atoms with van der Waals surface area (Å²) in [6.07, 6.45) is 8.48. The number of carbonyl (C=O) groups excluding carboxylic acids is 1. The van der Waals surface area contributed by atoms with E-state index in [2.05, 4.69) is 35.7 Å². The summed E-state index contributed by atoms with van der Waals surface area (Å²) in [5.74, 6) is -0.870. The van der Waals surface area contributed by atoms with Crippen molar-refractivity contribution in [3.63, 3.8) is 0 Å². The molecule has 3 aromatic rings. The minimum absolute atomic E-state index is 0.227. The third-order valence-electron chi connectivity index (χ3n) is 5.25. The van der Waals surface area contributed by atoms with Crippen molar-refractivity contribution in [3.05, 3.63) is 84.7 Å². The summed E-state index contributed by atoms with van der Waals surface area (Å²) in [7, 11) is 0. The number of amides is 1. The number of rotatable bonds is 8. The molecule has 0 aliphatic carbocycles. The number of anilines is 1. The number of nitrogens with one attached hydrogen (secondary N) is 1. The molecule has 3 N–H and O–H groups in total. The van der Waals surface area contributed by atoms with Crippen LogP contribution >= 0.6 is 0 Å². The van der Waals surface area contributed by atoms with E-state index in [0.717, 1.165) is 6.07 Å². The smallest absolute Gasteiger partial charge is 0.224 e. The van der Waals surface area contributed by atoms with Crippen LogP contribution in [0.15, 0.2) is 67.3 Å². The lowest BCUT2D eigenvalue weighted by Gasteiger charge is -2.22. The number of primary amides is 1. The third kappa shape index (κ3) is 7.07. The molecule has 0 unspecified atom stereocenters. The lowest BCUT2D eigenvalue weighted by molar-refractivity contribution is -0.125. The molecular weight excluding hydrogens is 458 g/mol. The topological polar surface area (TPSA) is 80.9 Å². The first-order valence-electron chi connectivity index (χ1n) is 11.8. The van der Waals surface area contributed by atoms with E-state index in [1.165, 1.54) is 18.6 Å². The summed E-state index contributed by atoms with van der Waals surface area (Å²) in [5.41, 5.74) is 6.80. The van der Waals surface area contributed by atoms with Gasteiger partial charge in [0.1, 0.15) is 17.5 Å². The number of allylic oxidation sites excluding steroid dienone is 5. The van der Waals surface area contributed by atoms with Crippen LogP contribution in [0, 0.1) is 17.0 Å². The first-order chi connectivity index (χ1) is 17.1. The molecule has 1 amide bonds. The lowest BCUT2D eigenvalue weighted by Crippen LogP contribution is -2.37. The molecule has 0 saturated carbocycles. The van der Waals surface area contributed by atoms with Crippen LogP contribution in [-0.4, -0.2) is 22.4 Å². The Labute approximate surface area is 211 Å². The van der Waals surface area contributed by atoms with Gasteiger partial charge in [0.25, 0.3) is 0 Å². The molecule has 0 atom stereocenters. The second-order valence-corrected chi connectivity index (χ2v) is 8.91. The van der Waals surface area contributed by atoms with Gasteiger partial charge in [0.2, 0.25) is 5.91 Å². The second-order valence-electron chi connectivity index (χ2n) is 8.91. The quantitative estimate of drug-likeness (QED) is 0.330. The van der Waals surface area contributed by atoms with E-state index in [9.17, 15) is 13.6 Å². The van der Waals surface area contributed by atoms with Crippen LogP contribution in [0.3, 0.4) is 0 Å². The Bertz CT molecular complexity index is 1300. The predicted molar refractivity (Wildman–Crippen MR) is 145 cm³/mol. The van der Waals surface area contributed by atoms with E-state index in [-0.39, 0.29) is 12.1 Å². The number of aromatic nitrogens is 2. The highest BCUT2D eigenvalue weighted by molar-refractivity contribution is 5.94. The lowest BCUT2D eigenvalue weighted by atomic mass is 9.93. The fourth-order valence-electron chi connectivity index (χ4n) is 3.11. The number of fused-ring (bicyclic) bond motifs is 1. The van der Waals surface area contributed by atoms with Gasteiger partial charge in [-0.1, -0.05) is 57.2 Å². The maximum atomic E-state index is 14.4. The van der Waals surface area contributed by atoms with E-state index in [1.54, 1.807) is 38.1 Å². The number of nitrogens with two attached hydrogens (primary N) is 1. The zero-order valence-electron chi connectivity index (χ0n) is 21.5. The minimum Gasteiger partial charge on any atom is -0.369 e. The maximum Gasteiger partial charge on any atom is 0.224 e. The van der Waals surface area contributed by atoms with Gasteiger partial charge in [-0.2, -0.15) is 0 Å². The molecule has 36 heavy (non-hydrogen) atoms. The summed E-state index contributed by atoms with van der Waals surface area (Å²) in [5, 5.41) is 3.82. The van der Waals surface area contributed by atoms with Gasteiger partial charge in [0.05, 0.1) is 10.9 Å². The molecule has 0 saturated heterocycles. The molecule has 3 rings (SSSR count). The zero-order chi connectivity index (χ0) is 26.9. The van der Waals surface area contributed by atoms with Crippen molar-refractivity contribution in [1.82, 2.24) is 9.97 Å². The number of benzene rings is 2. The maximum absolute atomic E-state index is 14.4. The molecule has 0 fully saturated rings. The minimum atomic E-state index is -0.833. The van der Waals surface area contributed by atoms with Gasteiger partial charge < -0.3 is 11.1 Å². The van der Waals surface area contributed by atoms with Gasteiger partial charge in [-0.15, -0.1) is 0 Å². The zero-order valence-corrected chi connectivity index (χ0v) is 21.5. The van der Waals surface area contributed by atoms with Crippen LogP contribution in [0.4, 0.5) is 14.6 Å². The summed E-state index contributed by atoms with van der Waals surface area (Å²) in [6, 6.07) is 8.64. The Morgan fingerprint density at radius 1 is 1.14 bits per heavy atom. The largest absolute Gasteiger partial charge is 0.369 e. The van der Waals surface area contributed by atoms with Gasteiger partial charge in [-0.25, -0.2) is 18.7 Å². The van der Waals surface area contributed by atoms with E-state index < -0.39 is 23.0 Å². The fraction of sp³-hybridized carbons (Fsp3) is 0.276. The molecule has 1 heterocycles. The molecule has 7 heteroatoms. The Balaban J connectivity index is 0.00000145. The van der Waals surface area contributed by atoms with Gasteiger partial charge in [0.15, 0.2) is 5.82 Å². The SMILES string of the molecule is C=C/C(=C\C=C/C)c1nc(NCC(C)(C)C(N)=O)c2cc(-c3ccc(F)cc3F)ccc2n1.CCC. The molecule has 0 aliphatic rings. The Hall–Kier alpha value is -3.87. The normalized spacial score (nSPS) is 11.8. The highest BCUT2D eigenvalue weighted by Crippen LogP contribution is 2.31. The van der Waals surface area contributed by atoms with Crippen molar-refractivity contribution < 1.29 is 13.6 Å². The first kappa shape index (κ1) is 28.4. The van der Waals surface area contributed by atoms with Crippen molar-refractivity contribution in [2.75, 3.05) is 11.9 Å². The van der Waals surface area contributed by atoms with Crippen LogP contribution < -0.4 is 11.1 Å². The van der Waals surface area contributed by atoms with Crippen LogP contribution in [0.2, 0.25) is 0 Å². The number of nitrogens with zero attached hydrogens (tertiary/aromatic N) is 2. The van der Waals surface area contributed by atoms with Crippen LogP contribution in [-0.2, 0) is 4.79 Å². The highest BCUT2D eigenvalue weighted by Gasteiger charge is 2.25. The fourth-order valence-corrected chi connectivity index (χ4v) is 3.11. The summed E-state index contributed by atoms with van der Waals surface area (Å²) >= 11 is 0. The molecule has 0 aliphatic heterocycles. The molecule has 0 spiro atoms. The highest BCUT2D eigenvalue weighted by atomic mass is 19.1. The van der Waals surface area contributed by atoms with Crippen molar-refractivity contribution in [2.24, 2.45) is 11.1 Å². The standard InChI is InChI=1S/C26H26F2N4O.C3H8/c1-5-7-8-16(6-2)23-31-22-12-9-17(19-11-10-18(27)14-21(19)28)13-20(22)24(32-23)30-15-26(3,4)25(29)33;1-3-2/h5-14H,2,15H2,1,3-4H3,(H2,29,33)(H,30,31,32);3H2,1-2H3/b7-5-,16-8+;. The van der Waals surface area contributed by atoms with Crippen LogP contribution in [0.5, 0.6) is 0 Å². The van der Waals surface area contributed by atoms with E-state index >= 15 is 0 Å². The number of carbonyl (C=O) groups is 1. The van der Waals surface area contributed by atoms with Gasteiger partial charge in [-0.3, -0.25) is 4.79 Å². The monoisotopic (exact) mass is 492 g/mol. The van der Waals surface area contributed by atoms with Gasteiger partial charge >= 0.3 is 0 Å². The predicted octanol–water partition coefficient (Wildman–Crippen LogP) is 7.06. The molecule has 190 valence electrons. The van der Waals surface area contributed by atoms with E-state index in [0.29, 0.717) is 33.7 Å². The van der Waals surface area contributed by atoms with E-state index in [4.69, 9.17) is 5.73 Å². The van der Waals surface area contributed by atoms with Crippen molar-refractivity contribution in [3.8, 4) is 11.1 Å². The number of hydrogen-bond donors (Lipinski definition) is 2. The van der Waals surface area contributed by atoms with Crippen LogP contribution in [0.1, 0.15) is 46.9 Å². The Kier molecular flexibility index (Phi) is 10.0. The summed E-state index contributed by atoms with van der Waals surface area (Å²) in [4.78, 5) is 21.1. The summed E-state index contributed by atoms with van der Waals surface area (Å²) in [6.45, 7) is 13.7. The Morgan fingerprint density at radius 2 is 1.83 bits per heavy atom. The average molecular weight is 493 g/mol. The third-order valence-corrected chi connectivity index (χ3v) is 5.25. The molecule has 2 aromatic carbocycles. The molecular formula is C29H34F2N4O. The number of halogens is 2. The summed E-state index contributed by atoms with van der Waals surface area (Å²) < 4.78 is 27.8. The Morgan fingerprint density at radius 3 is 2.42 bits per heavy atom. The van der Waals surface area contributed by atoms with E-state index in [1.807, 2.05) is 25.2 Å². The molecule has 0 bridgehead atoms. The van der Waals surface area contributed by atoms with Gasteiger partial charge in [-0.05, 0) is 50.6 Å². The molecule has 5 nitrogen and oxygen atoms in total. The van der Waals surface area contributed by atoms with Crippen LogP contribution in [0.25, 0.3) is 27.6 Å². The molecule has 1 aromatic heterocycles.